The summed E-state index contributed by atoms with van der Waals surface area (Å²) in [6.45, 7) is 10.6. The van der Waals surface area contributed by atoms with Crippen molar-refractivity contribution >= 4 is 5.82 Å². The molecule has 2 unspecified atom stereocenters. The number of ether oxygens (including phenoxy) is 1. The molecule has 0 saturated carbocycles. The van der Waals surface area contributed by atoms with Gasteiger partial charge in [-0.2, -0.15) is 5.10 Å². The molecular weight excluding hydrogens is 202 g/mol. The van der Waals surface area contributed by atoms with E-state index in [1.807, 2.05) is 0 Å². The molecule has 16 heavy (non-hydrogen) atoms. The van der Waals surface area contributed by atoms with Crippen LogP contribution in [0.1, 0.15) is 52.0 Å². The van der Waals surface area contributed by atoms with E-state index in [1.54, 1.807) is 0 Å². The summed E-state index contributed by atoms with van der Waals surface area (Å²) in [6.07, 6.45) is 1.30. The lowest BCUT2D eigenvalue weighted by Crippen LogP contribution is -2.28. The predicted octanol–water partition coefficient (Wildman–Crippen LogP) is 2.64. The highest BCUT2D eigenvalue weighted by Crippen LogP contribution is 2.34. The Hall–Kier alpha value is -1.03. The van der Waals surface area contributed by atoms with E-state index in [1.165, 1.54) is 11.3 Å². The highest BCUT2D eigenvalue weighted by molar-refractivity contribution is 5.50. The van der Waals surface area contributed by atoms with Crippen molar-refractivity contribution in [3.8, 4) is 0 Å². The number of hydrogen-bond acceptors (Lipinski definition) is 3. The second kappa shape index (κ2) is 3.77. The van der Waals surface area contributed by atoms with Gasteiger partial charge in [0.2, 0.25) is 0 Å². The van der Waals surface area contributed by atoms with Crippen LogP contribution in [0.5, 0.6) is 0 Å². The number of nitrogens with zero attached hydrogens (tertiary/aromatic N) is 1. The molecule has 0 aliphatic carbocycles. The lowest BCUT2D eigenvalue weighted by Gasteiger charge is -2.27. The molecule has 90 valence electrons. The van der Waals surface area contributed by atoms with Crippen molar-refractivity contribution in [2.45, 2.75) is 58.8 Å². The van der Waals surface area contributed by atoms with Crippen molar-refractivity contribution < 1.29 is 4.74 Å². The van der Waals surface area contributed by atoms with Crippen molar-refractivity contribution in [3.05, 3.63) is 11.3 Å². The molecule has 1 aromatic heterocycles. The molecule has 0 amide bonds. The second-order valence-electron chi connectivity index (χ2n) is 5.63. The average molecular weight is 223 g/mol. The van der Waals surface area contributed by atoms with Crippen LogP contribution in [0.15, 0.2) is 0 Å². The van der Waals surface area contributed by atoms with Gasteiger partial charge >= 0.3 is 0 Å². The molecule has 0 saturated heterocycles. The van der Waals surface area contributed by atoms with Crippen molar-refractivity contribution in [2.75, 3.05) is 5.32 Å². The van der Waals surface area contributed by atoms with Gasteiger partial charge < -0.3 is 10.1 Å². The highest BCUT2D eigenvalue weighted by Gasteiger charge is 2.28. The summed E-state index contributed by atoms with van der Waals surface area (Å²) in [4.78, 5) is 0. The van der Waals surface area contributed by atoms with Gasteiger partial charge in [-0.1, -0.05) is 0 Å². The first-order valence-electron chi connectivity index (χ1n) is 5.87. The fourth-order valence-electron chi connectivity index (χ4n) is 2.18. The smallest absolute Gasteiger partial charge is 0.154 e. The normalized spacial score (nSPS) is 25.3. The largest absolute Gasteiger partial charge is 0.370 e. The Balaban J connectivity index is 2.30. The van der Waals surface area contributed by atoms with Gasteiger partial charge in [-0.15, -0.1) is 0 Å². The van der Waals surface area contributed by atoms with E-state index in [0.29, 0.717) is 0 Å². The first kappa shape index (κ1) is 11.5. The van der Waals surface area contributed by atoms with Crippen molar-refractivity contribution in [1.82, 2.24) is 10.2 Å². The zero-order valence-electron chi connectivity index (χ0n) is 10.7. The van der Waals surface area contributed by atoms with Crippen LogP contribution in [-0.2, 0) is 11.2 Å². The lowest BCUT2D eigenvalue weighted by molar-refractivity contribution is -0.00481. The van der Waals surface area contributed by atoms with Crippen molar-refractivity contribution in [2.24, 2.45) is 0 Å². The lowest BCUT2D eigenvalue weighted by atomic mass is 10.0. The minimum atomic E-state index is 0.0196. The van der Waals surface area contributed by atoms with E-state index in [4.69, 9.17) is 4.74 Å². The maximum absolute atomic E-state index is 5.83. The number of aromatic amines is 1. The molecule has 0 bridgehead atoms. The van der Waals surface area contributed by atoms with E-state index in [9.17, 15) is 0 Å². The molecule has 2 N–H and O–H groups in total. The Morgan fingerprint density at radius 1 is 1.38 bits per heavy atom. The van der Waals surface area contributed by atoms with E-state index in [2.05, 4.69) is 50.1 Å². The Morgan fingerprint density at radius 2 is 2.06 bits per heavy atom. The standard InChI is InChI=1S/C12H21N3O/c1-7-6-9-10(8(2)16-7)11(15-14-9)13-12(3,4)5/h7-8H,6H2,1-5H3,(H2,13,14,15). The van der Waals surface area contributed by atoms with Crippen molar-refractivity contribution in [1.29, 1.82) is 0 Å². The average Bonchev–Trinajstić information content (AvgIpc) is 2.44. The fourth-order valence-corrected chi connectivity index (χ4v) is 2.18. The van der Waals surface area contributed by atoms with Gasteiger partial charge in [-0.05, 0) is 34.6 Å². The van der Waals surface area contributed by atoms with Crippen LogP contribution < -0.4 is 5.32 Å². The zero-order valence-corrected chi connectivity index (χ0v) is 10.7. The summed E-state index contributed by atoms with van der Waals surface area (Å²) in [7, 11) is 0. The SMILES string of the molecule is CC1Cc2[nH]nc(NC(C)(C)C)c2C(C)O1. The summed E-state index contributed by atoms with van der Waals surface area (Å²) in [5.74, 6) is 0.932. The quantitative estimate of drug-likeness (QED) is 0.769. The third kappa shape index (κ3) is 2.21. The zero-order chi connectivity index (χ0) is 11.9. The molecule has 0 spiro atoms. The summed E-state index contributed by atoms with van der Waals surface area (Å²) in [5.41, 5.74) is 2.41. The monoisotopic (exact) mass is 223 g/mol. The minimum absolute atomic E-state index is 0.0196. The molecule has 0 radical (unpaired) electrons. The number of nitrogens with one attached hydrogen (secondary N) is 2. The number of aromatic nitrogens is 2. The molecule has 4 nitrogen and oxygen atoms in total. The number of anilines is 1. The predicted molar refractivity (Wildman–Crippen MR) is 64.6 cm³/mol. The summed E-state index contributed by atoms with van der Waals surface area (Å²) < 4.78 is 5.83. The summed E-state index contributed by atoms with van der Waals surface area (Å²) in [5, 5.41) is 10.9. The third-order valence-electron chi connectivity index (χ3n) is 2.71. The molecule has 1 aromatic rings. The van der Waals surface area contributed by atoms with Crippen LogP contribution in [0, 0.1) is 0 Å². The first-order chi connectivity index (χ1) is 7.37. The van der Waals surface area contributed by atoms with E-state index < -0.39 is 0 Å². The van der Waals surface area contributed by atoms with Crippen LogP contribution in [-0.4, -0.2) is 21.8 Å². The van der Waals surface area contributed by atoms with Gasteiger partial charge in [0.1, 0.15) is 0 Å². The molecule has 2 atom stereocenters. The molecule has 1 aliphatic heterocycles. The van der Waals surface area contributed by atoms with Crippen LogP contribution in [0.3, 0.4) is 0 Å². The topological polar surface area (TPSA) is 49.9 Å². The fraction of sp³-hybridized carbons (Fsp3) is 0.750. The van der Waals surface area contributed by atoms with Crippen molar-refractivity contribution in [3.63, 3.8) is 0 Å². The van der Waals surface area contributed by atoms with Crippen LogP contribution in [0.25, 0.3) is 0 Å². The maximum Gasteiger partial charge on any atom is 0.154 e. The van der Waals surface area contributed by atoms with Gasteiger partial charge in [0.25, 0.3) is 0 Å². The molecule has 0 fully saturated rings. The third-order valence-corrected chi connectivity index (χ3v) is 2.71. The van der Waals surface area contributed by atoms with Gasteiger partial charge in [0.15, 0.2) is 5.82 Å². The Kier molecular flexibility index (Phi) is 2.70. The molecule has 2 heterocycles. The molecular formula is C12H21N3O. The van der Waals surface area contributed by atoms with Gasteiger partial charge in [-0.3, -0.25) is 5.10 Å². The first-order valence-corrected chi connectivity index (χ1v) is 5.87. The number of hydrogen-bond donors (Lipinski definition) is 2. The van der Waals surface area contributed by atoms with E-state index in [0.717, 1.165) is 12.2 Å². The Morgan fingerprint density at radius 3 is 2.69 bits per heavy atom. The van der Waals surface area contributed by atoms with Crippen LogP contribution >= 0.6 is 0 Å². The van der Waals surface area contributed by atoms with E-state index >= 15 is 0 Å². The number of fused-ring (bicyclic) bond motifs is 1. The van der Waals surface area contributed by atoms with Crippen LogP contribution in [0.4, 0.5) is 5.82 Å². The molecule has 1 aliphatic rings. The number of H-pyrrole nitrogens is 1. The van der Waals surface area contributed by atoms with Crippen LogP contribution in [0.2, 0.25) is 0 Å². The minimum Gasteiger partial charge on any atom is -0.370 e. The Labute approximate surface area is 96.8 Å². The highest BCUT2D eigenvalue weighted by atomic mass is 16.5. The van der Waals surface area contributed by atoms with Gasteiger partial charge in [0, 0.05) is 23.2 Å². The summed E-state index contributed by atoms with van der Waals surface area (Å²) in [6, 6.07) is 0. The molecule has 2 rings (SSSR count). The number of rotatable bonds is 1. The van der Waals surface area contributed by atoms with Gasteiger partial charge in [-0.25, -0.2) is 0 Å². The van der Waals surface area contributed by atoms with E-state index in [-0.39, 0.29) is 17.7 Å². The maximum atomic E-state index is 5.83. The Bertz CT molecular complexity index is 378. The second-order valence-corrected chi connectivity index (χ2v) is 5.63. The molecule has 0 aromatic carbocycles. The van der Waals surface area contributed by atoms with Gasteiger partial charge in [0.05, 0.1) is 12.2 Å². The summed E-state index contributed by atoms with van der Waals surface area (Å²) >= 11 is 0. The molecule has 4 heteroatoms.